The third-order valence-corrected chi connectivity index (χ3v) is 3.76. The summed E-state index contributed by atoms with van der Waals surface area (Å²) in [6.45, 7) is 5.39. The van der Waals surface area contributed by atoms with E-state index in [0.29, 0.717) is 24.0 Å². The molecule has 0 N–H and O–H groups in total. The second-order valence-corrected chi connectivity index (χ2v) is 5.71. The van der Waals surface area contributed by atoms with Gasteiger partial charge in [-0.2, -0.15) is 4.98 Å². The largest absolute Gasteiger partial charge is 0.459 e. The first-order valence-electron chi connectivity index (χ1n) is 7.31. The normalized spacial score (nSPS) is 19.2. The van der Waals surface area contributed by atoms with Gasteiger partial charge in [0.2, 0.25) is 5.89 Å². The van der Waals surface area contributed by atoms with Crippen LogP contribution in [0.2, 0.25) is 0 Å². The van der Waals surface area contributed by atoms with Crippen molar-refractivity contribution < 1.29 is 13.7 Å². The molecule has 6 nitrogen and oxygen atoms in total. The third-order valence-electron chi connectivity index (χ3n) is 3.76. The lowest BCUT2D eigenvalue weighted by Gasteiger charge is -2.30. The van der Waals surface area contributed by atoms with Gasteiger partial charge in [0.15, 0.2) is 11.6 Å². The highest BCUT2D eigenvalue weighted by Gasteiger charge is 2.29. The van der Waals surface area contributed by atoms with Crippen molar-refractivity contribution in [1.82, 2.24) is 15.0 Å². The van der Waals surface area contributed by atoms with Crippen LogP contribution in [0.5, 0.6) is 0 Å². The molecule has 3 heterocycles. The van der Waals surface area contributed by atoms with Crippen molar-refractivity contribution in [2.24, 2.45) is 0 Å². The maximum absolute atomic E-state index is 12.3. The second-order valence-electron chi connectivity index (χ2n) is 5.71. The van der Waals surface area contributed by atoms with Crippen molar-refractivity contribution in [3.63, 3.8) is 0 Å². The number of amides is 1. The van der Waals surface area contributed by atoms with Crippen LogP contribution in [0, 0.1) is 0 Å². The summed E-state index contributed by atoms with van der Waals surface area (Å²) in [7, 11) is 0. The van der Waals surface area contributed by atoms with E-state index in [1.807, 2.05) is 13.8 Å². The Morgan fingerprint density at radius 2 is 2.33 bits per heavy atom. The number of hydrogen-bond acceptors (Lipinski definition) is 5. The predicted octanol–water partition coefficient (Wildman–Crippen LogP) is 2.81. The number of hydrogen-bond donors (Lipinski definition) is 0. The van der Waals surface area contributed by atoms with Gasteiger partial charge in [0.25, 0.3) is 5.91 Å². The number of aromatic nitrogens is 2. The molecule has 1 amide bonds. The summed E-state index contributed by atoms with van der Waals surface area (Å²) in [5, 5.41) is 4.07. The molecular formula is C15H19N3O3. The fourth-order valence-corrected chi connectivity index (χ4v) is 2.58. The van der Waals surface area contributed by atoms with Crippen LogP contribution in [0.25, 0.3) is 0 Å². The first-order valence-corrected chi connectivity index (χ1v) is 7.31. The minimum Gasteiger partial charge on any atom is -0.459 e. The van der Waals surface area contributed by atoms with Crippen LogP contribution < -0.4 is 0 Å². The van der Waals surface area contributed by atoms with Crippen molar-refractivity contribution in [2.75, 3.05) is 13.1 Å². The van der Waals surface area contributed by atoms with Crippen molar-refractivity contribution in [3.8, 4) is 0 Å². The summed E-state index contributed by atoms with van der Waals surface area (Å²) in [5.74, 6) is 2.02. The van der Waals surface area contributed by atoms with Crippen molar-refractivity contribution in [1.29, 1.82) is 0 Å². The Bertz CT molecular complexity index is 603. The van der Waals surface area contributed by atoms with Gasteiger partial charge in [-0.15, -0.1) is 0 Å². The van der Waals surface area contributed by atoms with Crippen LogP contribution >= 0.6 is 0 Å². The van der Waals surface area contributed by atoms with Gasteiger partial charge in [-0.3, -0.25) is 4.79 Å². The lowest BCUT2D eigenvalue weighted by atomic mass is 9.97. The Labute approximate surface area is 123 Å². The maximum Gasteiger partial charge on any atom is 0.289 e. The summed E-state index contributed by atoms with van der Waals surface area (Å²) in [6.07, 6.45) is 3.42. The van der Waals surface area contributed by atoms with E-state index in [-0.39, 0.29) is 17.7 Å². The van der Waals surface area contributed by atoms with Crippen LogP contribution in [0.1, 0.15) is 60.8 Å². The molecule has 0 spiro atoms. The van der Waals surface area contributed by atoms with E-state index in [1.54, 1.807) is 17.0 Å². The molecule has 1 unspecified atom stereocenters. The minimum atomic E-state index is -0.0720. The average molecular weight is 289 g/mol. The molecule has 0 aliphatic carbocycles. The summed E-state index contributed by atoms with van der Waals surface area (Å²) < 4.78 is 10.4. The van der Waals surface area contributed by atoms with Crippen LogP contribution in [-0.2, 0) is 0 Å². The summed E-state index contributed by atoms with van der Waals surface area (Å²) in [4.78, 5) is 18.6. The molecule has 0 saturated carbocycles. The molecule has 0 aromatic carbocycles. The van der Waals surface area contributed by atoms with Crippen LogP contribution in [-0.4, -0.2) is 34.0 Å². The van der Waals surface area contributed by atoms with E-state index in [9.17, 15) is 4.79 Å². The van der Waals surface area contributed by atoms with Gasteiger partial charge in [0.1, 0.15) is 0 Å². The molecule has 3 rings (SSSR count). The number of piperidine rings is 1. The molecule has 112 valence electrons. The number of rotatable bonds is 3. The molecule has 0 radical (unpaired) electrons. The van der Waals surface area contributed by atoms with Gasteiger partial charge >= 0.3 is 0 Å². The molecular weight excluding hydrogens is 270 g/mol. The molecule has 0 bridgehead atoms. The number of likely N-dealkylation sites (tertiary alicyclic amines) is 1. The summed E-state index contributed by atoms with van der Waals surface area (Å²) in [6, 6.07) is 3.42. The zero-order valence-corrected chi connectivity index (χ0v) is 12.3. The summed E-state index contributed by atoms with van der Waals surface area (Å²) in [5.41, 5.74) is 0. The first kappa shape index (κ1) is 13.9. The first-order chi connectivity index (χ1) is 10.1. The Balaban J connectivity index is 1.72. The summed E-state index contributed by atoms with van der Waals surface area (Å²) >= 11 is 0. The van der Waals surface area contributed by atoms with E-state index in [4.69, 9.17) is 8.94 Å². The highest BCUT2D eigenvalue weighted by Crippen LogP contribution is 2.27. The van der Waals surface area contributed by atoms with Crippen molar-refractivity contribution in [3.05, 3.63) is 35.9 Å². The smallest absolute Gasteiger partial charge is 0.289 e. The topological polar surface area (TPSA) is 72.4 Å². The van der Waals surface area contributed by atoms with Gasteiger partial charge in [0.05, 0.1) is 6.26 Å². The Kier molecular flexibility index (Phi) is 3.77. The third kappa shape index (κ3) is 2.84. The van der Waals surface area contributed by atoms with E-state index in [0.717, 1.165) is 19.4 Å². The number of carbonyl (C=O) groups excluding carboxylic acids is 1. The average Bonchev–Trinajstić information content (AvgIpc) is 3.18. The fraction of sp³-hybridized carbons (Fsp3) is 0.533. The monoisotopic (exact) mass is 289 g/mol. The molecule has 1 aliphatic rings. The molecule has 2 aromatic heterocycles. The number of nitrogens with zero attached hydrogens (tertiary/aromatic N) is 3. The number of furan rings is 1. The van der Waals surface area contributed by atoms with Gasteiger partial charge in [-0.05, 0) is 25.0 Å². The molecule has 2 aromatic rings. The lowest BCUT2D eigenvalue weighted by molar-refractivity contribution is 0.0671. The molecule has 1 saturated heterocycles. The quantitative estimate of drug-likeness (QED) is 0.868. The predicted molar refractivity (Wildman–Crippen MR) is 75.0 cm³/mol. The minimum absolute atomic E-state index is 0.0720. The van der Waals surface area contributed by atoms with Crippen LogP contribution in [0.4, 0.5) is 0 Å². The van der Waals surface area contributed by atoms with Gasteiger partial charge < -0.3 is 13.8 Å². The Morgan fingerprint density at radius 1 is 1.48 bits per heavy atom. The van der Waals surface area contributed by atoms with Crippen molar-refractivity contribution >= 4 is 5.91 Å². The molecule has 21 heavy (non-hydrogen) atoms. The Morgan fingerprint density at radius 3 is 3.00 bits per heavy atom. The van der Waals surface area contributed by atoms with Crippen LogP contribution in [0.3, 0.4) is 0 Å². The Hall–Kier alpha value is -2.11. The van der Waals surface area contributed by atoms with Gasteiger partial charge in [-0.25, -0.2) is 0 Å². The lowest BCUT2D eigenvalue weighted by Crippen LogP contribution is -2.39. The van der Waals surface area contributed by atoms with Crippen LogP contribution in [0.15, 0.2) is 27.3 Å². The highest BCUT2D eigenvalue weighted by atomic mass is 16.5. The standard InChI is InChI=1S/C15H19N3O3/c1-10(2)14-16-13(17-21-14)11-5-3-7-18(9-11)15(19)12-6-4-8-20-12/h4,6,8,10-11H,3,5,7,9H2,1-2H3. The molecule has 1 aliphatic heterocycles. The second kappa shape index (κ2) is 5.71. The SMILES string of the molecule is CC(C)c1nc(C2CCCN(C(=O)c3ccco3)C2)no1. The maximum atomic E-state index is 12.3. The zero-order chi connectivity index (χ0) is 14.8. The fourth-order valence-electron chi connectivity index (χ4n) is 2.58. The van der Waals surface area contributed by atoms with Gasteiger partial charge in [-0.1, -0.05) is 19.0 Å². The molecule has 6 heteroatoms. The molecule has 1 fully saturated rings. The van der Waals surface area contributed by atoms with E-state index < -0.39 is 0 Å². The van der Waals surface area contributed by atoms with E-state index in [2.05, 4.69) is 10.1 Å². The van der Waals surface area contributed by atoms with Crippen molar-refractivity contribution in [2.45, 2.75) is 38.5 Å². The van der Waals surface area contributed by atoms with E-state index in [1.165, 1.54) is 6.26 Å². The van der Waals surface area contributed by atoms with Gasteiger partial charge in [0, 0.05) is 24.9 Å². The number of carbonyl (C=O) groups is 1. The molecule has 1 atom stereocenters. The highest BCUT2D eigenvalue weighted by molar-refractivity contribution is 5.91. The van der Waals surface area contributed by atoms with E-state index >= 15 is 0 Å². The zero-order valence-electron chi connectivity index (χ0n) is 12.3.